The SMILES string of the molecule is CCOC(=O)c1ccc(NC(=O)c2cc(-c3ccc(Br)cc3)nc3c(C)cc(C)cc23)cc1. The molecule has 0 aliphatic rings. The number of carbonyl (C=O) groups excluding carboxylic acids is 2. The van der Waals surface area contributed by atoms with Gasteiger partial charge in [0.1, 0.15) is 0 Å². The van der Waals surface area contributed by atoms with E-state index in [0.717, 1.165) is 37.8 Å². The molecule has 0 saturated heterocycles. The molecule has 0 aliphatic heterocycles. The van der Waals surface area contributed by atoms with Gasteiger partial charge in [0.25, 0.3) is 5.91 Å². The van der Waals surface area contributed by atoms with Crippen molar-refractivity contribution < 1.29 is 14.3 Å². The molecule has 33 heavy (non-hydrogen) atoms. The lowest BCUT2D eigenvalue weighted by Gasteiger charge is -2.13. The summed E-state index contributed by atoms with van der Waals surface area (Å²) < 4.78 is 5.99. The van der Waals surface area contributed by atoms with Crippen molar-refractivity contribution in [3.8, 4) is 11.3 Å². The summed E-state index contributed by atoms with van der Waals surface area (Å²) in [5, 5.41) is 3.75. The maximum absolute atomic E-state index is 13.4. The highest BCUT2D eigenvalue weighted by Crippen LogP contribution is 2.29. The Kier molecular flexibility index (Phi) is 6.56. The van der Waals surface area contributed by atoms with Gasteiger partial charge in [-0.3, -0.25) is 4.79 Å². The summed E-state index contributed by atoms with van der Waals surface area (Å²) in [6.45, 7) is 6.08. The Morgan fingerprint density at radius 2 is 1.67 bits per heavy atom. The highest BCUT2D eigenvalue weighted by atomic mass is 79.9. The first-order chi connectivity index (χ1) is 15.9. The third-order valence-electron chi connectivity index (χ3n) is 5.29. The van der Waals surface area contributed by atoms with E-state index in [-0.39, 0.29) is 11.9 Å². The van der Waals surface area contributed by atoms with Crippen LogP contribution in [0.15, 0.2) is 71.2 Å². The Hall–Kier alpha value is -3.51. The van der Waals surface area contributed by atoms with Crippen LogP contribution in [0.3, 0.4) is 0 Å². The van der Waals surface area contributed by atoms with E-state index in [1.165, 1.54) is 0 Å². The van der Waals surface area contributed by atoms with E-state index in [0.29, 0.717) is 23.4 Å². The van der Waals surface area contributed by atoms with Gasteiger partial charge in [0.15, 0.2) is 0 Å². The predicted molar refractivity (Wildman–Crippen MR) is 135 cm³/mol. The Morgan fingerprint density at radius 1 is 0.970 bits per heavy atom. The minimum Gasteiger partial charge on any atom is -0.462 e. The topological polar surface area (TPSA) is 68.3 Å². The number of nitrogens with zero attached hydrogens (tertiary/aromatic N) is 1. The van der Waals surface area contributed by atoms with E-state index in [9.17, 15) is 9.59 Å². The highest BCUT2D eigenvalue weighted by molar-refractivity contribution is 9.10. The maximum atomic E-state index is 13.4. The van der Waals surface area contributed by atoms with Gasteiger partial charge in [-0.2, -0.15) is 0 Å². The van der Waals surface area contributed by atoms with Gasteiger partial charge in [-0.25, -0.2) is 9.78 Å². The number of aryl methyl sites for hydroxylation is 2. The minimum absolute atomic E-state index is 0.241. The number of pyridine rings is 1. The van der Waals surface area contributed by atoms with Crippen molar-refractivity contribution in [3.63, 3.8) is 0 Å². The van der Waals surface area contributed by atoms with Crippen molar-refractivity contribution in [3.05, 3.63) is 93.5 Å². The molecule has 0 radical (unpaired) electrons. The molecule has 4 rings (SSSR count). The molecule has 0 spiro atoms. The van der Waals surface area contributed by atoms with Crippen molar-refractivity contribution in [2.24, 2.45) is 0 Å². The van der Waals surface area contributed by atoms with Crippen LogP contribution in [0.5, 0.6) is 0 Å². The molecule has 0 saturated carbocycles. The lowest BCUT2D eigenvalue weighted by atomic mass is 9.99. The van der Waals surface area contributed by atoms with Gasteiger partial charge >= 0.3 is 5.97 Å². The van der Waals surface area contributed by atoms with Crippen LogP contribution in [-0.4, -0.2) is 23.5 Å². The minimum atomic E-state index is -0.388. The van der Waals surface area contributed by atoms with Gasteiger partial charge in [-0.15, -0.1) is 0 Å². The number of amides is 1. The molecule has 0 unspecified atom stereocenters. The van der Waals surface area contributed by atoms with Gasteiger partial charge < -0.3 is 10.1 Å². The quantitative estimate of drug-likeness (QED) is 0.308. The summed E-state index contributed by atoms with van der Waals surface area (Å²) in [6.07, 6.45) is 0. The number of anilines is 1. The fourth-order valence-corrected chi connectivity index (χ4v) is 4.00. The number of hydrogen-bond donors (Lipinski definition) is 1. The van der Waals surface area contributed by atoms with Crippen LogP contribution in [-0.2, 0) is 4.74 Å². The zero-order valence-corrected chi connectivity index (χ0v) is 20.2. The lowest BCUT2D eigenvalue weighted by Crippen LogP contribution is -2.14. The van der Waals surface area contributed by atoms with Crippen LogP contribution in [0.25, 0.3) is 22.2 Å². The van der Waals surface area contributed by atoms with Gasteiger partial charge in [0, 0.05) is 21.1 Å². The first-order valence-electron chi connectivity index (χ1n) is 10.6. The molecule has 1 heterocycles. The number of rotatable bonds is 5. The molecular weight excluding hydrogens is 480 g/mol. The number of nitrogens with one attached hydrogen (secondary N) is 1. The summed E-state index contributed by atoms with van der Waals surface area (Å²) in [5.74, 6) is -0.629. The second-order valence-corrected chi connectivity index (χ2v) is 8.71. The van der Waals surface area contributed by atoms with Crippen molar-refractivity contribution in [1.82, 2.24) is 4.98 Å². The summed E-state index contributed by atoms with van der Waals surface area (Å²) >= 11 is 3.46. The third kappa shape index (κ3) is 4.96. The van der Waals surface area contributed by atoms with E-state index >= 15 is 0 Å². The zero-order chi connectivity index (χ0) is 23.5. The fourth-order valence-electron chi connectivity index (χ4n) is 3.74. The van der Waals surface area contributed by atoms with E-state index in [4.69, 9.17) is 9.72 Å². The Bertz CT molecular complexity index is 1350. The number of esters is 1. The molecule has 5 nitrogen and oxygen atoms in total. The molecule has 0 fully saturated rings. The monoisotopic (exact) mass is 502 g/mol. The summed E-state index contributed by atoms with van der Waals surface area (Å²) in [4.78, 5) is 30.1. The van der Waals surface area contributed by atoms with Crippen LogP contribution >= 0.6 is 15.9 Å². The van der Waals surface area contributed by atoms with Gasteiger partial charge in [-0.1, -0.05) is 39.7 Å². The molecule has 4 aromatic rings. The molecule has 1 aromatic heterocycles. The average Bonchev–Trinajstić information content (AvgIpc) is 2.79. The number of benzene rings is 3. The molecule has 166 valence electrons. The molecule has 0 bridgehead atoms. The van der Waals surface area contributed by atoms with Crippen molar-refractivity contribution in [2.75, 3.05) is 11.9 Å². The zero-order valence-electron chi connectivity index (χ0n) is 18.6. The van der Waals surface area contributed by atoms with Gasteiger partial charge in [0.05, 0.1) is 28.9 Å². The number of ether oxygens (including phenoxy) is 1. The van der Waals surface area contributed by atoms with Gasteiger partial charge in [0.2, 0.25) is 0 Å². The standard InChI is InChI=1S/C27H23BrN2O3/c1-4-33-27(32)19-7-11-21(12-8-19)29-26(31)23-15-24(18-5-9-20(28)10-6-18)30-25-17(3)13-16(2)14-22(23)25/h5-15H,4H2,1-3H3,(H,29,31). The van der Waals surface area contributed by atoms with E-state index in [1.807, 2.05) is 50.2 Å². The smallest absolute Gasteiger partial charge is 0.338 e. The maximum Gasteiger partial charge on any atom is 0.338 e. The molecule has 1 amide bonds. The fraction of sp³-hybridized carbons (Fsp3) is 0.148. The predicted octanol–water partition coefficient (Wildman–Crippen LogP) is 6.71. The number of hydrogen-bond acceptors (Lipinski definition) is 4. The average molecular weight is 503 g/mol. The lowest BCUT2D eigenvalue weighted by molar-refractivity contribution is 0.0526. The molecule has 3 aromatic carbocycles. The Morgan fingerprint density at radius 3 is 2.33 bits per heavy atom. The Labute approximate surface area is 200 Å². The first-order valence-corrected chi connectivity index (χ1v) is 11.4. The van der Waals surface area contributed by atoms with Crippen molar-refractivity contribution in [2.45, 2.75) is 20.8 Å². The third-order valence-corrected chi connectivity index (χ3v) is 5.82. The normalized spacial score (nSPS) is 10.8. The van der Waals surface area contributed by atoms with E-state index < -0.39 is 0 Å². The summed E-state index contributed by atoms with van der Waals surface area (Å²) in [5.41, 5.74) is 6.09. The molecule has 1 N–H and O–H groups in total. The summed E-state index contributed by atoms with van der Waals surface area (Å²) in [6, 6.07) is 20.4. The number of aromatic nitrogens is 1. The Balaban J connectivity index is 1.74. The molecule has 0 atom stereocenters. The molecule has 6 heteroatoms. The van der Waals surface area contributed by atoms with Crippen LogP contribution in [0.2, 0.25) is 0 Å². The van der Waals surface area contributed by atoms with Crippen molar-refractivity contribution >= 4 is 44.4 Å². The van der Waals surface area contributed by atoms with Gasteiger partial charge in [-0.05, 0) is 74.9 Å². The number of halogens is 1. The molecule has 0 aliphatic carbocycles. The highest BCUT2D eigenvalue weighted by Gasteiger charge is 2.16. The first kappa shape index (κ1) is 22.7. The van der Waals surface area contributed by atoms with Crippen LogP contribution in [0, 0.1) is 13.8 Å². The van der Waals surface area contributed by atoms with E-state index in [2.05, 4.69) is 27.3 Å². The second kappa shape index (κ2) is 9.55. The van der Waals surface area contributed by atoms with Crippen molar-refractivity contribution in [1.29, 1.82) is 0 Å². The van der Waals surface area contributed by atoms with E-state index in [1.54, 1.807) is 31.2 Å². The largest absolute Gasteiger partial charge is 0.462 e. The number of fused-ring (bicyclic) bond motifs is 1. The second-order valence-electron chi connectivity index (χ2n) is 7.79. The number of carbonyl (C=O) groups is 2. The van der Waals surface area contributed by atoms with Crippen LogP contribution < -0.4 is 5.32 Å². The van der Waals surface area contributed by atoms with Crippen LogP contribution in [0.1, 0.15) is 38.8 Å². The van der Waals surface area contributed by atoms with Crippen LogP contribution in [0.4, 0.5) is 5.69 Å². The molecular formula is C27H23BrN2O3. The summed E-state index contributed by atoms with van der Waals surface area (Å²) in [7, 11) is 0.